The van der Waals surface area contributed by atoms with Crippen LogP contribution in [0.4, 0.5) is 10.1 Å². The molecule has 16 heavy (non-hydrogen) atoms. The molecular weight excluding hydrogens is 239 g/mol. The van der Waals surface area contributed by atoms with Gasteiger partial charge in [-0.15, -0.1) is 12.4 Å². The standard InChI is InChI=1S/C9H11FN2O3.ClH/c1-5(13)9(11)6-2-3-7(10)8(4-6)12(14)15;/h2-5,9,13H,11H2,1H3;1H/t5-,9-;/m1./s1. The van der Waals surface area contributed by atoms with Crippen molar-refractivity contribution >= 4 is 18.1 Å². The average Bonchev–Trinajstić information content (AvgIpc) is 2.16. The van der Waals surface area contributed by atoms with Crippen molar-refractivity contribution in [3.05, 3.63) is 39.7 Å². The Hall–Kier alpha value is -1.24. The Morgan fingerprint density at radius 3 is 2.56 bits per heavy atom. The molecule has 0 aliphatic heterocycles. The molecule has 3 N–H and O–H groups in total. The van der Waals surface area contributed by atoms with Crippen LogP contribution in [0.3, 0.4) is 0 Å². The number of aliphatic hydroxyl groups excluding tert-OH is 1. The largest absolute Gasteiger partial charge is 0.391 e. The molecule has 7 heteroatoms. The van der Waals surface area contributed by atoms with E-state index in [-0.39, 0.29) is 12.4 Å². The molecular formula is C9H12ClFN2O3. The Kier molecular flexibility index (Phi) is 5.29. The lowest BCUT2D eigenvalue weighted by Gasteiger charge is -2.14. The van der Waals surface area contributed by atoms with Crippen molar-refractivity contribution in [3.8, 4) is 0 Å². The molecule has 1 aromatic carbocycles. The molecule has 5 nitrogen and oxygen atoms in total. The predicted molar refractivity (Wildman–Crippen MR) is 58.9 cm³/mol. The fourth-order valence-electron chi connectivity index (χ4n) is 1.16. The summed E-state index contributed by atoms with van der Waals surface area (Å²) in [7, 11) is 0. The molecule has 0 unspecified atom stereocenters. The van der Waals surface area contributed by atoms with Crippen LogP contribution in [-0.2, 0) is 0 Å². The van der Waals surface area contributed by atoms with Gasteiger partial charge >= 0.3 is 5.69 Å². The lowest BCUT2D eigenvalue weighted by molar-refractivity contribution is -0.387. The third-order valence-electron chi connectivity index (χ3n) is 2.07. The molecule has 90 valence electrons. The lowest BCUT2D eigenvalue weighted by Crippen LogP contribution is -2.23. The van der Waals surface area contributed by atoms with Crippen LogP contribution in [0.5, 0.6) is 0 Å². The summed E-state index contributed by atoms with van der Waals surface area (Å²) in [5, 5.41) is 19.6. The quantitative estimate of drug-likeness (QED) is 0.629. The molecule has 0 amide bonds. The topological polar surface area (TPSA) is 89.4 Å². The second-order valence-corrected chi connectivity index (χ2v) is 3.23. The molecule has 1 rings (SSSR count). The Morgan fingerprint density at radius 2 is 2.12 bits per heavy atom. The molecule has 0 aliphatic rings. The van der Waals surface area contributed by atoms with E-state index in [2.05, 4.69) is 0 Å². The summed E-state index contributed by atoms with van der Waals surface area (Å²) in [6, 6.07) is 2.56. The smallest absolute Gasteiger partial charge is 0.305 e. The minimum absolute atomic E-state index is 0. The summed E-state index contributed by atoms with van der Waals surface area (Å²) in [4.78, 5) is 9.60. The van der Waals surface area contributed by atoms with Gasteiger partial charge in [0, 0.05) is 6.07 Å². The average molecular weight is 251 g/mol. The third-order valence-corrected chi connectivity index (χ3v) is 2.07. The normalized spacial score (nSPS) is 13.8. The zero-order valence-corrected chi connectivity index (χ0v) is 9.28. The summed E-state index contributed by atoms with van der Waals surface area (Å²) in [5.41, 5.74) is 5.26. The van der Waals surface area contributed by atoms with Crippen LogP contribution in [0.25, 0.3) is 0 Å². The minimum atomic E-state index is -0.915. The first-order valence-corrected chi connectivity index (χ1v) is 4.31. The van der Waals surface area contributed by atoms with Crippen molar-refractivity contribution in [3.63, 3.8) is 0 Å². The van der Waals surface area contributed by atoms with Gasteiger partial charge in [0.25, 0.3) is 0 Å². The summed E-state index contributed by atoms with van der Waals surface area (Å²) < 4.78 is 12.9. The van der Waals surface area contributed by atoms with Crippen molar-refractivity contribution in [1.29, 1.82) is 0 Å². The molecule has 0 radical (unpaired) electrons. The third kappa shape index (κ3) is 3.13. The van der Waals surface area contributed by atoms with Gasteiger partial charge in [0.15, 0.2) is 0 Å². The van der Waals surface area contributed by atoms with Crippen LogP contribution in [0.2, 0.25) is 0 Å². The van der Waals surface area contributed by atoms with Gasteiger partial charge in [-0.05, 0) is 18.6 Å². The van der Waals surface area contributed by atoms with E-state index in [9.17, 15) is 19.6 Å². The maximum absolute atomic E-state index is 12.9. The first-order valence-electron chi connectivity index (χ1n) is 4.31. The van der Waals surface area contributed by atoms with Crippen LogP contribution in [0.1, 0.15) is 18.5 Å². The first-order chi connectivity index (χ1) is 6.93. The summed E-state index contributed by atoms with van der Waals surface area (Å²) >= 11 is 0. The van der Waals surface area contributed by atoms with Gasteiger partial charge in [-0.1, -0.05) is 6.07 Å². The van der Waals surface area contributed by atoms with E-state index in [1.807, 2.05) is 0 Å². The van der Waals surface area contributed by atoms with Gasteiger partial charge in [0.1, 0.15) is 0 Å². The van der Waals surface area contributed by atoms with E-state index in [4.69, 9.17) is 5.73 Å². The van der Waals surface area contributed by atoms with Crippen molar-refractivity contribution in [2.45, 2.75) is 19.1 Å². The van der Waals surface area contributed by atoms with Crippen LogP contribution >= 0.6 is 12.4 Å². The van der Waals surface area contributed by atoms with Gasteiger partial charge in [-0.3, -0.25) is 10.1 Å². The number of hydrogen-bond donors (Lipinski definition) is 2. The Bertz CT molecular complexity index is 387. The summed E-state index contributed by atoms with van der Waals surface area (Å²) in [6.07, 6.45) is -0.852. The maximum atomic E-state index is 12.9. The second-order valence-electron chi connectivity index (χ2n) is 3.23. The van der Waals surface area contributed by atoms with Gasteiger partial charge in [0.05, 0.1) is 17.1 Å². The van der Waals surface area contributed by atoms with Crippen molar-refractivity contribution < 1.29 is 14.4 Å². The summed E-state index contributed by atoms with van der Waals surface area (Å²) in [6.45, 7) is 1.46. The lowest BCUT2D eigenvalue weighted by atomic mass is 10.0. The van der Waals surface area contributed by atoms with Gasteiger partial charge in [-0.2, -0.15) is 4.39 Å². The number of halogens is 2. The monoisotopic (exact) mass is 250 g/mol. The Labute approximate surface area is 97.6 Å². The van der Waals surface area contributed by atoms with Gasteiger partial charge in [-0.25, -0.2) is 0 Å². The molecule has 0 aliphatic carbocycles. The van der Waals surface area contributed by atoms with Crippen LogP contribution < -0.4 is 5.73 Å². The number of nitrogens with zero attached hydrogens (tertiary/aromatic N) is 1. The highest BCUT2D eigenvalue weighted by atomic mass is 35.5. The highest BCUT2D eigenvalue weighted by Gasteiger charge is 2.19. The summed E-state index contributed by atoms with van der Waals surface area (Å²) in [5.74, 6) is -0.915. The second kappa shape index (κ2) is 5.74. The number of rotatable bonds is 3. The molecule has 0 saturated heterocycles. The SMILES string of the molecule is C[C@@H](O)[C@@H](N)c1ccc(F)c([N+](=O)[O-])c1.Cl. The molecule has 1 aromatic rings. The van der Waals surface area contributed by atoms with Gasteiger partial charge in [0.2, 0.25) is 5.82 Å². The zero-order valence-electron chi connectivity index (χ0n) is 8.46. The van der Waals surface area contributed by atoms with Crippen LogP contribution in [0, 0.1) is 15.9 Å². The van der Waals surface area contributed by atoms with E-state index in [0.717, 1.165) is 12.1 Å². The van der Waals surface area contributed by atoms with Crippen molar-refractivity contribution in [1.82, 2.24) is 0 Å². The highest BCUT2D eigenvalue weighted by molar-refractivity contribution is 5.85. The number of nitrogens with two attached hydrogens (primary N) is 1. The van der Waals surface area contributed by atoms with Gasteiger partial charge < -0.3 is 10.8 Å². The molecule has 0 heterocycles. The van der Waals surface area contributed by atoms with Crippen molar-refractivity contribution in [2.24, 2.45) is 5.73 Å². The predicted octanol–water partition coefficient (Wildman–Crippen LogP) is 1.54. The Morgan fingerprint density at radius 1 is 1.56 bits per heavy atom. The number of hydrogen-bond acceptors (Lipinski definition) is 4. The molecule has 2 atom stereocenters. The molecule has 0 bridgehead atoms. The molecule has 0 aromatic heterocycles. The number of nitro groups is 1. The van der Waals surface area contributed by atoms with E-state index in [1.165, 1.54) is 13.0 Å². The Balaban J connectivity index is 0.00000225. The zero-order chi connectivity index (χ0) is 11.6. The number of aliphatic hydroxyl groups is 1. The minimum Gasteiger partial charge on any atom is -0.391 e. The molecule has 0 saturated carbocycles. The van der Waals surface area contributed by atoms with E-state index < -0.39 is 28.6 Å². The number of benzene rings is 1. The fourth-order valence-corrected chi connectivity index (χ4v) is 1.16. The van der Waals surface area contributed by atoms with Crippen molar-refractivity contribution in [2.75, 3.05) is 0 Å². The fraction of sp³-hybridized carbons (Fsp3) is 0.333. The highest BCUT2D eigenvalue weighted by Crippen LogP contribution is 2.23. The maximum Gasteiger partial charge on any atom is 0.305 e. The number of nitro benzene ring substituents is 1. The molecule has 0 spiro atoms. The van der Waals surface area contributed by atoms with E-state index >= 15 is 0 Å². The first kappa shape index (κ1) is 14.8. The van der Waals surface area contributed by atoms with Crippen LogP contribution in [0.15, 0.2) is 18.2 Å². The molecule has 0 fully saturated rings. The van der Waals surface area contributed by atoms with Crippen LogP contribution in [-0.4, -0.2) is 16.1 Å². The van der Waals surface area contributed by atoms with E-state index in [0.29, 0.717) is 5.56 Å². The van der Waals surface area contributed by atoms with E-state index in [1.54, 1.807) is 0 Å².